The first kappa shape index (κ1) is 13.7. The van der Waals surface area contributed by atoms with Gasteiger partial charge >= 0.3 is 0 Å². The number of hydrogen-bond donors (Lipinski definition) is 1. The molecular formula is C11H14O5S. The monoisotopic (exact) mass is 258 g/mol. The van der Waals surface area contributed by atoms with Gasteiger partial charge in [0.1, 0.15) is 12.0 Å². The molecule has 0 aliphatic rings. The van der Waals surface area contributed by atoms with E-state index in [-0.39, 0.29) is 5.75 Å². The van der Waals surface area contributed by atoms with Crippen molar-refractivity contribution in [2.24, 2.45) is 0 Å². The average Bonchev–Trinajstić information content (AvgIpc) is 2.28. The molecule has 0 atom stereocenters. The molecule has 1 aromatic carbocycles. The highest BCUT2D eigenvalue weighted by atomic mass is 32.2. The second kappa shape index (κ2) is 6.36. The molecule has 0 saturated carbocycles. The van der Waals surface area contributed by atoms with Crippen LogP contribution in [0.1, 0.15) is 23.2 Å². The number of hydrogen-bond acceptors (Lipinski definition) is 4. The van der Waals surface area contributed by atoms with E-state index in [4.69, 9.17) is 9.29 Å². The summed E-state index contributed by atoms with van der Waals surface area (Å²) in [5.74, 6) is 0.378. The Hall–Kier alpha value is -1.40. The quantitative estimate of drug-likeness (QED) is 0.456. The minimum absolute atomic E-state index is 0.250. The molecule has 1 rings (SSSR count). The number of carbonyl (C=O) groups is 1. The van der Waals surface area contributed by atoms with E-state index >= 15 is 0 Å². The maximum Gasteiger partial charge on any atom is 0.264 e. The van der Waals surface area contributed by atoms with Crippen molar-refractivity contribution in [2.75, 3.05) is 12.4 Å². The lowest BCUT2D eigenvalue weighted by Gasteiger charge is -2.05. The van der Waals surface area contributed by atoms with E-state index in [9.17, 15) is 13.2 Å². The van der Waals surface area contributed by atoms with E-state index < -0.39 is 10.1 Å². The molecule has 5 nitrogen and oxygen atoms in total. The van der Waals surface area contributed by atoms with Crippen molar-refractivity contribution in [3.8, 4) is 5.75 Å². The minimum atomic E-state index is -3.87. The van der Waals surface area contributed by atoms with Crippen LogP contribution in [-0.4, -0.2) is 31.6 Å². The molecule has 0 amide bonds. The molecule has 0 fully saturated rings. The normalized spacial score (nSPS) is 11.1. The molecule has 6 heteroatoms. The van der Waals surface area contributed by atoms with Crippen molar-refractivity contribution in [2.45, 2.75) is 12.8 Å². The molecule has 0 heterocycles. The number of ether oxygens (including phenoxy) is 1. The minimum Gasteiger partial charge on any atom is -0.494 e. The highest BCUT2D eigenvalue weighted by molar-refractivity contribution is 7.85. The third kappa shape index (κ3) is 6.03. The van der Waals surface area contributed by atoms with Gasteiger partial charge in [-0.05, 0) is 37.1 Å². The second-order valence-electron chi connectivity index (χ2n) is 3.53. The van der Waals surface area contributed by atoms with Crippen LogP contribution in [0.25, 0.3) is 0 Å². The Morgan fingerprint density at radius 2 is 1.82 bits per heavy atom. The summed E-state index contributed by atoms with van der Waals surface area (Å²) in [6.07, 6.45) is 1.64. The van der Waals surface area contributed by atoms with Gasteiger partial charge in [-0.15, -0.1) is 0 Å². The number of unbranched alkanes of at least 4 members (excludes halogenated alkanes) is 1. The van der Waals surface area contributed by atoms with Gasteiger partial charge < -0.3 is 4.74 Å². The fourth-order valence-electron chi connectivity index (χ4n) is 1.22. The fourth-order valence-corrected chi connectivity index (χ4v) is 1.79. The van der Waals surface area contributed by atoms with Gasteiger partial charge in [0, 0.05) is 5.56 Å². The van der Waals surface area contributed by atoms with Crippen LogP contribution in [0.2, 0.25) is 0 Å². The number of aldehydes is 1. The molecule has 0 saturated heterocycles. The Balaban J connectivity index is 2.24. The highest BCUT2D eigenvalue weighted by Crippen LogP contribution is 2.11. The summed E-state index contributed by atoms with van der Waals surface area (Å²) in [6.45, 7) is 0.371. The Morgan fingerprint density at radius 1 is 1.18 bits per heavy atom. The molecule has 0 bridgehead atoms. The molecule has 0 spiro atoms. The highest BCUT2D eigenvalue weighted by Gasteiger charge is 2.03. The number of rotatable bonds is 7. The smallest absolute Gasteiger partial charge is 0.264 e. The van der Waals surface area contributed by atoms with E-state index in [0.29, 0.717) is 30.8 Å². The van der Waals surface area contributed by atoms with Crippen molar-refractivity contribution in [3.63, 3.8) is 0 Å². The fraction of sp³-hybridized carbons (Fsp3) is 0.364. The molecule has 1 aromatic rings. The van der Waals surface area contributed by atoms with Gasteiger partial charge in [-0.1, -0.05) is 0 Å². The first-order chi connectivity index (χ1) is 8.01. The molecule has 0 aliphatic heterocycles. The van der Waals surface area contributed by atoms with E-state index in [0.717, 1.165) is 6.29 Å². The molecular weight excluding hydrogens is 244 g/mol. The van der Waals surface area contributed by atoms with E-state index in [1.165, 1.54) is 0 Å². The lowest BCUT2D eigenvalue weighted by molar-refractivity contribution is 0.112. The lowest BCUT2D eigenvalue weighted by Crippen LogP contribution is -2.06. The molecule has 0 unspecified atom stereocenters. The third-order valence-electron chi connectivity index (χ3n) is 2.08. The van der Waals surface area contributed by atoms with Crippen molar-refractivity contribution in [3.05, 3.63) is 29.8 Å². The Kier molecular flexibility index (Phi) is 5.11. The predicted octanol–water partition coefficient (Wildman–Crippen LogP) is 1.55. The van der Waals surface area contributed by atoms with Crippen molar-refractivity contribution in [1.82, 2.24) is 0 Å². The van der Waals surface area contributed by atoms with Crippen LogP contribution in [0.5, 0.6) is 5.75 Å². The largest absolute Gasteiger partial charge is 0.494 e. The molecule has 17 heavy (non-hydrogen) atoms. The van der Waals surface area contributed by atoms with Gasteiger partial charge in [-0.25, -0.2) is 0 Å². The van der Waals surface area contributed by atoms with Gasteiger partial charge in [0.2, 0.25) is 0 Å². The standard InChI is InChI=1S/C11H14O5S/c12-9-10-3-5-11(6-4-10)16-7-1-2-8-17(13,14)15/h3-6,9H,1-2,7-8H2,(H,13,14,15). The number of benzene rings is 1. The molecule has 94 valence electrons. The van der Waals surface area contributed by atoms with Crippen LogP contribution in [0.4, 0.5) is 0 Å². The van der Waals surface area contributed by atoms with Crippen molar-refractivity contribution in [1.29, 1.82) is 0 Å². The summed E-state index contributed by atoms with van der Waals surface area (Å²) in [7, 11) is -3.87. The van der Waals surface area contributed by atoms with E-state index in [2.05, 4.69) is 0 Å². The second-order valence-corrected chi connectivity index (χ2v) is 5.10. The van der Waals surface area contributed by atoms with Crippen molar-refractivity contribution < 1.29 is 22.5 Å². The summed E-state index contributed by atoms with van der Waals surface area (Å²) >= 11 is 0. The van der Waals surface area contributed by atoms with Crippen LogP contribution in [0, 0.1) is 0 Å². The Labute approximate surface area is 100 Å². The predicted molar refractivity (Wildman–Crippen MR) is 63.0 cm³/mol. The summed E-state index contributed by atoms with van der Waals surface area (Å²) in [6, 6.07) is 6.63. The molecule has 0 aromatic heterocycles. The van der Waals surface area contributed by atoms with Crippen LogP contribution in [0.3, 0.4) is 0 Å². The third-order valence-corrected chi connectivity index (χ3v) is 2.89. The first-order valence-corrected chi connectivity index (χ1v) is 6.75. The maximum atomic E-state index is 10.4. The SMILES string of the molecule is O=Cc1ccc(OCCCCS(=O)(=O)O)cc1. The summed E-state index contributed by atoms with van der Waals surface area (Å²) in [5.41, 5.74) is 0.573. The zero-order valence-corrected chi connectivity index (χ0v) is 10.0. The van der Waals surface area contributed by atoms with Crippen LogP contribution in [-0.2, 0) is 10.1 Å². The van der Waals surface area contributed by atoms with Gasteiger partial charge in [-0.3, -0.25) is 9.35 Å². The van der Waals surface area contributed by atoms with Gasteiger partial charge in [-0.2, -0.15) is 8.42 Å². The molecule has 1 N–H and O–H groups in total. The molecule has 0 aliphatic carbocycles. The van der Waals surface area contributed by atoms with Crippen LogP contribution < -0.4 is 4.74 Å². The summed E-state index contributed by atoms with van der Waals surface area (Å²) in [5, 5.41) is 0. The number of carbonyl (C=O) groups excluding carboxylic acids is 1. The van der Waals surface area contributed by atoms with E-state index in [1.807, 2.05) is 0 Å². The first-order valence-electron chi connectivity index (χ1n) is 5.14. The van der Waals surface area contributed by atoms with Gasteiger partial charge in [0.05, 0.1) is 12.4 Å². The summed E-state index contributed by atoms with van der Waals surface area (Å²) < 4.78 is 34.7. The molecule has 0 radical (unpaired) electrons. The van der Waals surface area contributed by atoms with Gasteiger partial charge in [0.15, 0.2) is 0 Å². The van der Waals surface area contributed by atoms with E-state index in [1.54, 1.807) is 24.3 Å². The van der Waals surface area contributed by atoms with Crippen molar-refractivity contribution >= 4 is 16.4 Å². The lowest BCUT2D eigenvalue weighted by atomic mass is 10.2. The Bertz CT molecular complexity index is 449. The van der Waals surface area contributed by atoms with Crippen LogP contribution >= 0.6 is 0 Å². The zero-order chi connectivity index (χ0) is 12.7. The van der Waals surface area contributed by atoms with Gasteiger partial charge in [0.25, 0.3) is 10.1 Å². The summed E-state index contributed by atoms with van der Waals surface area (Å²) in [4.78, 5) is 10.4. The topological polar surface area (TPSA) is 80.7 Å². The Morgan fingerprint density at radius 3 is 2.35 bits per heavy atom. The zero-order valence-electron chi connectivity index (χ0n) is 9.20. The average molecular weight is 258 g/mol. The van der Waals surface area contributed by atoms with Crippen LogP contribution in [0.15, 0.2) is 24.3 Å². The maximum absolute atomic E-state index is 10.4.